The number of nitrogens with one attached hydrogen (secondary N) is 2. The molecule has 3 N–H and O–H groups in total. The van der Waals surface area contributed by atoms with Gasteiger partial charge in [-0.25, -0.2) is 13.4 Å². The lowest BCUT2D eigenvalue weighted by molar-refractivity contribution is 0.308. The molecule has 0 spiro atoms. The maximum absolute atomic E-state index is 13.2. The molecule has 0 aliphatic rings. The summed E-state index contributed by atoms with van der Waals surface area (Å²) in [5.74, 6) is -0.0796. The highest BCUT2D eigenvalue weighted by Crippen LogP contribution is 2.33. The van der Waals surface area contributed by atoms with Gasteiger partial charge in [0.05, 0.1) is 21.9 Å². The molecule has 0 fully saturated rings. The summed E-state index contributed by atoms with van der Waals surface area (Å²) in [6.07, 6.45) is 0.953. The summed E-state index contributed by atoms with van der Waals surface area (Å²) in [6, 6.07) is 31.2. The molecule has 4 aromatic carbocycles. The van der Waals surface area contributed by atoms with Crippen molar-refractivity contribution in [3.63, 3.8) is 0 Å². The van der Waals surface area contributed by atoms with E-state index < -0.39 is 10.0 Å². The fourth-order valence-corrected chi connectivity index (χ4v) is 5.92. The van der Waals surface area contributed by atoms with E-state index in [1.165, 1.54) is 11.6 Å². The van der Waals surface area contributed by atoms with Gasteiger partial charge in [-0.05, 0) is 67.5 Å². The molecule has 1 heterocycles. The van der Waals surface area contributed by atoms with Gasteiger partial charge in [-0.2, -0.15) is 0 Å². The second-order valence-corrected chi connectivity index (χ2v) is 11.5. The van der Waals surface area contributed by atoms with E-state index in [2.05, 4.69) is 40.6 Å². The van der Waals surface area contributed by atoms with Crippen molar-refractivity contribution in [1.82, 2.24) is 9.88 Å². The Morgan fingerprint density at radius 3 is 2.20 bits per heavy atom. The first-order valence-corrected chi connectivity index (χ1v) is 15.2. The summed E-state index contributed by atoms with van der Waals surface area (Å²) in [5, 5.41) is 11.6. The molecule has 0 saturated heterocycles. The average Bonchev–Trinajstić information content (AvgIpc) is 3.32. The van der Waals surface area contributed by atoms with Crippen molar-refractivity contribution in [1.29, 1.82) is 0 Å². The average molecular weight is 567 g/mol. The Hall–Kier alpha value is -4.40. The summed E-state index contributed by atoms with van der Waals surface area (Å²) in [7, 11) is -3.87. The highest BCUT2D eigenvalue weighted by molar-refractivity contribution is 7.92. The zero-order chi connectivity index (χ0) is 28.8. The van der Waals surface area contributed by atoms with Crippen LogP contribution in [0.5, 0.6) is 5.88 Å². The second kappa shape index (κ2) is 12.4. The first-order valence-electron chi connectivity index (χ1n) is 13.8. The van der Waals surface area contributed by atoms with Crippen molar-refractivity contribution in [2.45, 2.75) is 25.2 Å². The molecule has 210 valence electrons. The van der Waals surface area contributed by atoms with Crippen LogP contribution >= 0.6 is 0 Å². The van der Waals surface area contributed by atoms with Gasteiger partial charge in [0.25, 0.3) is 10.0 Å². The predicted octanol–water partition coefficient (Wildman–Crippen LogP) is 6.73. The van der Waals surface area contributed by atoms with Crippen LogP contribution in [-0.4, -0.2) is 48.8 Å². The number of aliphatic imine (C=N–C) groups is 1. The van der Waals surface area contributed by atoms with E-state index in [4.69, 9.17) is 4.99 Å². The second-order valence-electron chi connectivity index (χ2n) is 9.80. The van der Waals surface area contributed by atoms with E-state index in [1.807, 2.05) is 48.5 Å². The fraction of sp³-hybridized carbons (Fsp3) is 0.182. The van der Waals surface area contributed by atoms with Gasteiger partial charge >= 0.3 is 0 Å². The first kappa shape index (κ1) is 28.1. The number of H-pyrrole nitrogens is 1. The monoisotopic (exact) mass is 566 g/mol. The van der Waals surface area contributed by atoms with Crippen LogP contribution in [0, 0.1) is 0 Å². The van der Waals surface area contributed by atoms with Crippen LogP contribution in [0.15, 0.2) is 113 Å². The number of hydrogen-bond acceptors (Lipinski definition) is 5. The van der Waals surface area contributed by atoms with Gasteiger partial charge in [0.15, 0.2) is 5.88 Å². The summed E-state index contributed by atoms with van der Waals surface area (Å²) >= 11 is 0. The number of aromatic nitrogens is 1. The largest absolute Gasteiger partial charge is 0.494 e. The van der Waals surface area contributed by atoms with Crippen LogP contribution in [0.1, 0.15) is 30.5 Å². The molecule has 41 heavy (non-hydrogen) atoms. The molecule has 0 aliphatic carbocycles. The molecule has 0 atom stereocenters. The third-order valence-corrected chi connectivity index (χ3v) is 8.54. The molecule has 0 aliphatic heterocycles. The van der Waals surface area contributed by atoms with Crippen molar-refractivity contribution in [3.05, 3.63) is 120 Å². The molecule has 8 heteroatoms. The lowest BCUT2D eigenvalue weighted by atomic mass is 10.0. The topological polar surface area (TPSA) is 97.8 Å². The number of para-hydroxylation sites is 1. The normalized spacial score (nSPS) is 12.2. The van der Waals surface area contributed by atoms with Crippen molar-refractivity contribution in [3.8, 4) is 5.88 Å². The Kier molecular flexibility index (Phi) is 8.52. The Labute approximate surface area is 241 Å². The van der Waals surface area contributed by atoms with E-state index in [9.17, 15) is 13.5 Å². The van der Waals surface area contributed by atoms with E-state index >= 15 is 0 Å². The quantitative estimate of drug-likeness (QED) is 0.155. The SMILES string of the molecule is CCN(CC)CCc1ccc(N=C(c2ccccc2)c2c(O)[nH]c3ccc(S(=O)(=O)Nc4ccccc4)cc23)cc1. The van der Waals surface area contributed by atoms with Crippen LogP contribution in [-0.2, 0) is 16.4 Å². The van der Waals surface area contributed by atoms with Gasteiger partial charge in [-0.3, -0.25) is 4.72 Å². The minimum absolute atomic E-state index is 0.0796. The molecule has 0 saturated carbocycles. The van der Waals surface area contributed by atoms with Gasteiger partial charge in [-0.15, -0.1) is 0 Å². The summed E-state index contributed by atoms with van der Waals surface area (Å²) < 4.78 is 29.1. The number of hydrogen-bond donors (Lipinski definition) is 3. The zero-order valence-corrected chi connectivity index (χ0v) is 24.0. The number of anilines is 1. The summed E-state index contributed by atoms with van der Waals surface area (Å²) in [5.41, 5.74) is 4.81. The first-order chi connectivity index (χ1) is 19.9. The lowest BCUT2D eigenvalue weighted by Gasteiger charge is -2.17. The minimum atomic E-state index is -3.87. The minimum Gasteiger partial charge on any atom is -0.494 e. The molecule has 5 rings (SSSR count). The van der Waals surface area contributed by atoms with Crippen LogP contribution in [0.3, 0.4) is 0 Å². The maximum atomic E-state index is 13.2. The maximum Gasteiger partial charge on any atom is 0.261 e. The number of sulfonamides is 1. The predicted molar refractivity (Wildman–Crippen MR) is 167 cm³/mol. The molecular formula is C33H34N4O3S. The highest BCUT2D eigenvalue weighted by atomic mass is 32.2. The van der Waals surface area contributed by atoms with Gasteiger partial charge < -0.3 is 15.0 Å². The van der Waals surface area contributed by atoms with Crippen molar-refractivity contribution in [2.75, 3.05) is 24.4 Å². The molecule has 0 bridgehead atoms. The molecule has 0 amide bonds. The van der Waals surface area contributed by atoms with Gasteiger partial charge in [0.2, 0.25) is 0 Å². The Bertz CT molecular complexity index is 1740. The Morgan fingerprint density at radius 2 is 1.54 bits per heavy atom. The number of nitrogens with zero attached hydrogens (tertiary/aromatic N) is 2. The summed E-state index contributed by atoms with van der Waals surface area (Å²) in [4.78, 5) is 10.4. The van der Waals surface area contributed by atoms with Gasteiger partial charge in [0.1, 0.15) is 0 Å². The molecule has 0 unspecified atom stereocenters. The lowest BCUT2D eigenvalue weighted by Crippen LogP contribution is -2.25. The molecule has 0 radical (unpaired) electrons. The van der Waals surface area contributed by atoms with Crippen LogP contribution in [0.2, 0.25) is 0 Å². The number of aromatic hydroxyl groups is 1. The third kappa shape index (κ3) is 6.51. The third-order valence-electron chi connectivity index (χ3n) is 7.16. The van der Waals surface area contributed by atoms with Crippen molar-refractivity contribution < 1.29 is 13.5 Å². The molecule has 1 aromatic heterocycles. The number of likely N-dealkylation sites (N-methyl/N-ethyl adjacent to an activating group) is 1. The smallest absolute Gasteiger partial charge is 0.261 e. The number of aromatic amines is 1. The van der Waals surface area contributed by atoms with Crippen molar-refractivity contribution in [2.24, 2.45) is 4.99 Å². The standard InChI is InChI=1S/C33H34N4O3S/c1-3-37(4-2)22-21-24-15-17-26(18-16-24)34-32(25-11-7-5-8-12-25)31-29-23-28(19-20-30(29)35-33(31)38)41(39,40)36-27-13-9-6-10-14-27/h5-20,23,35-36,38H,3-4,21-22H2,1-2H3. The van der Waals surface area contributed by atoms with Crippen LogP contribution < -0.4 is 4.72 Å². The van der Waals surface area contributed by atoms with E-state index in [0.29, 0.717) is 27.9 Å². The van der Waals surface area contributed by atoms with E-state index in [1.54, 1.807) is 36.4 Å². The Balaban J connectivity index is 1.55. The fourth-order valence-electron chi connectivity index (χ4n) is 4.84. The number of benzene rings is 4. The Morgan fingerprint density at radius 1 is 0.878 bits per heavy atom. The summed E-state index contributed by atoms with van der Waals surface area (Å²) in [6.45, 7) is 7.39. The van der Waals surface area contributed by atoms with E-state index in [0.717, 1.165) is 37.3 Å². The molecule has 7 nitrogen and oxygen atoms in total. The molecular weight excluding hydrogens is 532 g/mol. The van der Waals surface area contributed by atoms with Crippen LogP contribution in [0.4, 0.5) is 11.4 Å². The number of fused-ring (bicyclic) bond motifs is 1. The van der Waals surface area contributed by atoms with Crippen LogP contribution in [0.25, 0.3) is 10.9 Å². The van der Waals surface area contributed by atoms with Crippen molar-refractivity contribution >= 4 is 38.0 Å². The molecule has 5 aromatic rings. The zero-order valence-electron chi connectivity index (χ0n) is 23.2. The highest BCUT2D eigenvalue weighted by Gasteiger charge is 2.22. The number of rotatable bonds is 11. The van der Waals surface area contributed by atoms with E-state index in [-0.39, 0.29) is 10.8 Å². The van der Waals surface area contributed by atoms with Gasteiger partial charge in [0, 0.05) is 28.7 Å². The van der Waals surface area contributed by atoms with Gasteiger partial charge in [-0.1, -0.05) is 74.5 Å².